The first-order chi connectivity index (χ1) is 11.1. The van der Waals surface area contributed by atoms with Crippen LogP contribution in [0.25, 0.3) is 22.5 Å². The van der Waals surface area contributed by atoms with Gasteiger partial charge in [0.2, 0.25) is 0 Å². The Balaban J connectivity index is 2.18. The van der Waals surface area contributed by atoms with Crippen molar-refractivity contribution in [2.75, 3.05) is 6.61 Å². The second-order valence-corrected chi connectivity index (χ2v) is 5.32. The van der Waals surface area contributed by atoms with Crippen LogP contribution in [0.1, 0.15) is 37.2 Å². The molecule has 0 aliphatic heterocycles. The largest absolute Gasteiger partial charge is 0.463 e. The number of hydroxylamine groups is 1. The first-order valence-electron chi connectivity index (χ1n) is 7.46. The second-order valence-electron chi connectivity index (χ2n) is 5.32. The summed E-state index contributed by atoms with van der Waals surface area (Å²) in [6.45, 7) is 6.20. The van der Waals surface area contributed by atoms with Crippen molar-refractivity contribution in [2.45, 2.75) is 26.8 Å². The highest BCUT2D eigenvalue weighted by atomic mass is 16.6. The van der Waals surface area contributed by atoms with E-state index in [4.69, 9.17) is 9.25 Å². The number of carbonyl (C=O) groups is 1. The summed E-state index contributed by atoms with van der Waals surface area (Å²) in [5.74, 6) is 0.254. The summed E-state index contributed by atoms with van der Waals surface area (Å²) in [7, 11) is 0. The minimum atomic E-state index is -0.338. The van der Waals surface area contributed by atoms with E-state index in [2.05, 4.69) is 15.6 Å². The van der Waals surface area contributed by atoms with Crippen molar-refractivity contribution in [3.8, 4) is 11.5 Å². The van der Waals surface area contributed by atoms with E-state index in [1.807, 2.05) is 13.8 Å². The van der Waals surface area contributed by atoms with E-state index >= 15 is 0 Å². The lowest BCUT2D eigenvalue weighted by Crippen LogP contribution is -2.24. The van der Waals surface area contributed by atoms with Gasteiger partial charge in [-0.3, -0.25) is 9.63 Å². The summed E-state index contributed by atoms with van der Waals surface area (Å²) < 4.78 is 7.18. The summed E-state index contributed by atoms with van der Waals surface area (Å²) in [6, 6.07) is 5.38. The van der Waals surface area contributed by atoms with E-state index in [1.54, 1.807) is 42.3 Å². The molecule has 120 valence electrons. The van der Waals surface area contributed by atoms with Crippen molar-refractivity contribution in [1.29, 1.82) is 0 Å². The average molecular weight is 314 g/mol. The summed E-state index contributed by atoms with van der Waals surface area (Å²) in [5.41, 5.74) is 4.07. The van der Waals surface area contributed by atoms with Gasteiger partial charge in [-0.25, -0.2) is 15.1 Å². The minimum Gasteiger partial charge on any atom is -0.463 e. The Bertz CT molecular complexity index is 821. The number of aromatic nitrogens is 3. The van der Waals surface area contributed by atoms with Gasteiger partial charge in [0.1, 0.15) is 5.69 Å². The van der Waals surface area contributed by atoms with Crippen LogP contribution in [-0.4, -0.2) is 27.3 Å². The third kappa shape index (κ3) is 2.83. The lowest BCUT2D eigenvalue weighted by atomic mass is 10.1. The molecule has 3 heterocycles. The predicted octanol–water partition coefficient (Wildman–Crippen LogP) is 2.95. The zero-order chi connectivity index (χ0) is 16.4. The molecule has 0 unspecified atom stereocenters. The van der Waals surface area contributed by atoms with E-state index in [1.165, 1.54) is 0 Å². The first-order valence-corrected chi connectivity index (χ1v) is 7.46. The molecule has 0 aromatic carbocycles. The van der Waals surface area contributed by atoms with E-state index in [0.29, 0.717) is 34.7 Å². The van der Waals surface area contributed by atoms with Gasteiger partial charge in [0.05, 0.1) is 30.0 Å². The Kier molecular flexibility index (Phi) is 4.12. The maximum Gasteiger partial charge on any atom is 0.275 e. The van der Waals surface area contributed by atoms with Crippen LogP contribution in [0, 0.1) is 0 Å². The van der Waals surface area contributed by atoms with Gasteiger partial charge < -0.3 is 4.42 Å². The highest BCUT2D eigenvalue weighted by molar-refractivity contribution is 6.06. The van der Waals surface area contributed by atoms with Crippen LogP contribution in [0.4, 0.5) is 0 Å². The van der Waals surface area contributed by atoms with Crippen LogP contribution in [0.5, 0.6) is 0 Å². The number of hydrogen-bond acceptors (Lipinski definition) is 5. The molecule has 3 aromatic heterocycles. The lowest BCUT2D eigenvalue weighted by molar-refractivity contribution is 0.0366. The number of rotatable bonds is 5. The molecular formula is C16H18N4O3. The van der Waals surface area contributed by atoms with Crippen molar-refractivity contribution < 1.29 is 14.0 Å². The normalized spacial score (nSPS) is 11.3. The molecule has 1 N–H and O–H groups in total. The SMILES string of the molecule is CCONC(=O)c1cc(-c2ccco2)nc2c1cnn2C(C)C. The number of pyridine rings is 1. The quantitative estimate of drug-likeness (QED) is 0.732. The molecule has 0 spiro atoms. The summed E-state index contributed by atoms with van der Waals surface area (Å²) in [4.78, 5) is 22.0. The van der Waals surface area contributed by atoms with Gasteiger partial charge in [0.25, 0.3) is 5.91 Å². The van der Waals surface area contributed by atoms with Gasteiger partial charge in [-0.15, -0.1) is 0 Å². The van der Waals surface area contributed by atoms with Gasteiger partial charge in [0.15, 0.2) is 11.4 Å². The topological polar surface area (TPSA) is 82.2 Å². The molecule has 0 aliphatic rings. The number of nitrogens with one attached hydrogen (secondary N) is 1. The Morgan fingerprint density at radius 3 is 2.96 bits per heavy atom. The van der Waals surface area contributed by atoms with E-state index in [0.717, 1.165) is 0 Å². The third-order valence-electron chi connectivity index (χ3n) is 3.38. The standard InChI is InChI=1S/C16H18N4O3/c1-4-23-19-16(21)11-8-13(14-6-5-7-22-14)18-15-12(11)9-17-20(15)10(2)3/h5-10H,4H2,1-3H3,(H,19,21). The predicted molar refractivity (Wildman–Crippen MR) is 84.7 cm³/mol. The molecule has 0 aliphatic carbocycles. The molecule has 3 rings (SSSR count). The fourth-order valence-corrected chi connectivity index (χ4v) is 2.33. The number of furan rings is 1. The molecule has 7 nitrogen and oxygen atoms in total. The Labute approximate surface area is 133 Å². The first kappa shape index (κ1) is 15.2. The average Bonchev–Trinajstić information content (AvgIpc) is 3.20. The van der Waals surface area contributed by atoms with E-state index < -0.39 is 0 Å². The molecule has 0 radical (unpaired) electrons. The van der Waals surface area contributed by atoms with E-state index in [9.17, 15) is 4.79 Å². The number of fused-ring (bicyclic) bond motifs is 1. The van der Waals surface area contributed by atoms with Gasteiger partial charge in [-0.2, -0.15) is 5.10 Å². The third-order valence-corrected chi connectivity index (χ3v) is 3.38. The van der Waals surface area contributed by atoms with Gasteiger partial charge >= 0.3 is 0 Å². The molecule has 3 aromatic rings. The van der Waals surface area contributed by atoms with Crippen LogP contribution in [0.3, 0.4) is 0 Å². The summed E-state index contributed by atoms with van der Waals surface area (Å²) in [6.07, 6.45) is 3.22. The van der Waals surface area contributed by atoms with Crippen molar-refractivity contribution in [1.82, 2.24) is 20.2 Å². The zero-order valence-electron chi connectivity index (χ0n) is 13.2. The Hall–Kier alpha value is -2.67. The number of amides is 1. The van der Waals surface area contributed by atoms with E-state index in [-0.39, 0.29) is 11.9 Å². The minimum absolute atomic E-state index is 0.120. The van der Waals surface area contributed by atoms with Crippen LogP contribution in [0.2, 0.25) is 0 Å². The van der Waals surface area contributed by atoms with Crippen molar-refractivity contribution >= 4 is 16.9 Å². The molecule has 0 bridgehead atoms. The van der Waals surface area contributed by atoms with Gasteiger partial charge in [-0.05, 0) is 39.0 Å². The van der Waals surface area contributed by atoms with Crippen molar-refractivity contribution in [2.24, 2.45) is 0 Å². The van der Waals surface area contributed by atoms with Gasteiger partial charge in [-0.1, -0.05) is 0 Å². The Morgan fingerprint density at radius 1 is 1.48 bits per heavy atom. The van der Waals surface area contributed by atoms with Gasteiger partial charge in [0, 0.05) is 6.04 Å². The molecule has 0 fully saturated rings. The van der Waals surface area contributed by atoms with Crippen LogP contribution in [0.15, 0.2) is 35.1 Å². The maximum absolute atomic E-state index is 12.4. The van der Waals surface area contributed by atoms with Crippen LogP contribution >= 0.6 is 0 Å². The summed E-state index contributed by atoms with van der Waals surface area (Å²) >= 11 is 0. The fraction of sp³-hybridized carbons (Fsp3) is 0.312. The number of nitrogens with zero attached hydrogens (tertiary/aromatic N) is 3. The maximum atomic E-state index is 12.4. The Morgan fingerprint density at radius 2 is 2.30 bits per heavy atom. The number of hydrogen-bond donors (Lipinski definition) is 1. The molecule has 1 amide bonds. The van der Waals surface area contributed by atoms with Crippen LogP contribution < -0.4 is 5.48 Å². The molecule has 7 heteroatoms. The summed E-state index contributed by atoms with van der Waals surface area (Å²) in [5, 5.41) is 5.02. The van der Waals surface area contributed by atoms with Crippen molar-refractivity contribution in [3.63, 3.8) is 0 Å². The number of carbonyl (C=O) groups excluding carboxylic acids is 1. The molecule has 23 heavy (non-hydrogen) atoms. The lowest BCUT2D eigenvalue weighted by Gasteiger charge is -2.09. The monoisotopic (exact) mass is 314 g/mol. The highest BCUT2D eigenvalue weighted by Crippen LogP contribution is 2.26. The highest BCUT2D eigenvalue weighted by Gasteiger charge is 2.19. The smallest absolute Gasteiger partial charge is 0.275 e. The molecular weight excluding hydrogens is 296 g/mol. The molecule has 0 atom stereocenters. The molecule has 0 saturated heterocycles. The molecule has 0 saturated carbocycles. The van der Waals surface area contributed by atoms with Crippen LogP contribution in [-0.2, 0) is 4.84 Å². The zero-order valence-corrected chi connectivity index (χ0v) is 13.2. The fourth-order valence-electron chi connectivity index (χ4n) is 2.33. The second kappa shape index (κ2) is 6.21. The van der Waals surface area contributed by atoms with Crippen molar-refractivity contribution in [3.05, 3.63) is 36.2 Å².